The van der Waals surface area contributed by atoms with Gasteiger partial charge in [-0.3, -0.25) is 4.79 Å². The molecule has 0 saturated heterocycles. The number of nitrogens with zero attached hydrogens (tertiary/aromatic N) is 2. The minimum atomic E-state index is -0.0964. The number of aryl methyl sites for hydroxylation is 1. The molecular formula is C14H18N4O2. The average molecular weight is 274 g/mol. The van der Waals surface area contributed by atoms with E-state index < -0.39 is 0 Å². The van der Waals surface area contributed by atoms with Gasteiger partial charge < -0.3 is 15.2 Å². The third-order valence-corrected chi connectivity index (χ3v) is 3.54. The topological polar surface area (TPSA) is 80.0 Å². The molecule has 2 heterocycles. The maximum atomic E-state index is 12.3. The lowest BCUT2D eigenvalue weighted by Gasteiger charge is -2.07. The molecule has 0 radical (unpaired) electrons. The summed E-state index contributed by atoms with van der Waals surface area (Å²) in [7, 11) is 1.85. The van der Waals surface area contributed by atoms with Gasteiger partial charge in [-0.25, -0.2) is 4.98 Å². The number of fused-ring (bicyclic) bond motifs is 1. The molecule has 0 spiro atoms. The molecule has 2 aromatic heterocycles. The van der Waals surface area contributed by atoms with Gasteiger partial charge in [0.2, 0.25) is 0 Å². The first kappa shape index (κ1) is 13.1. The van der Waals surface area contributed by atoms with E-state index in [2.05, 4.69) is 20.8 Å². The quantitative estimate of drug-likeness (QED) is 0.805. The second-order valence-corrected chi connectivity index (χ2v) is 5.18. The molecule has 0 unspecified atom stereocenters. The van der Waals surface area contributed by atoms with Gasteiger partial charge in [-0.1, -0.05) is 5.16 Å². The van der Waals surface area contributed by atoms with E-state index in [0.29, 0.717) is 29.4 Å². The van der Waals surface area contributed by atoms with Gasteiger partial charge in [0.05, 0.1) is 16.6 Å². The molecular weight excluding hydrogens is 256 g/mol. The van der Waals surface area contributed by atoms with Crippen molar-refractivity contribution < 1.29 is 9.32 Å². The van der Waals surface area contributed by atoms with Crippen LogP contribution < -0.4 is 10.6 Å². The van der Waals surface area contributed by atoms with Crippen molar-refractivity contribution in [2.24, 2.45) is 0 Å². The molecule has 6 heteroatoms. The molecule has 2 aromatic rings. The summed E-state index contributed by atoms with van der Waals surface area (Å²) in [6, 6.07) is 1.89. The Morgan fingerprint density at radius 1 is 1.45 bits per heavy atom. The molecule has 1 amide bonds. The Balaban J connectivity index is 1.97. The highest BCUT2D eigenvalue weighted by Crippen LogP contribution is 2.40. The van der Waals surface area contributed by atoms with Gasteiger partial charge in [-0.05, 0) is 32.9 Å². The zero-order valence-corrected chi connectivity index (χ0v) is 11.7. The van der Waals surface area contributed by atoms with Gasteiger partial charge in [0.1, 0.15) is 0 Å². The van der Waals surface area contributed by atoms with E-state index >= 15 is 0 Å². The molecule has 20 heavy (non-hydrogen) atoms. The lowest BCUT2D eigenvalue weighted by atomic mass is 10.1. The molecule has 6 nitrogen and oxygen atoms in total. The van der Waals surface area contributed by atoms with Crippen molar-refractivity contribution in [1.29, 1.82) is 0 Å². The molecule has 1 aliphatic carbocycles. The third-order valence-electron chi connectivity index (χ3n) is 3.54. The van der Waals surface area contributed by atoms with Crippen molar-refractivity contribution >= 4 is 17.0 Å². The fraction of sp³-hybridized carbons (Fsp3) is 0.500. The zero-order valence-electron chi connectivity index (χ0n) is 11.7. The van der Waals surface area contributed by atoms with E-state index in [0.717, 1.165) is 30.5 Å². The van der Waals surface area contributed by atoms with Crippen LogP contribution in [-0.4, -0.2) is 36.2 Å². The highest BCUT2D eigenvalue weighted by Gasteiger charge is 2.28. The molecule has 0 atom stereocenters. The number of carbonyl (C=O) groups excluding carboxylic acids is 1. The molecule has 0 bridgehead atoms. The predicted octanol–water partition coefficient (Wildman–Crippen LogP) is 1.36. The molecule has 0 aromatic carbocycles. The number of rotatable bonds is 5. The standard InChI is InChI=1S/C14H18N4O2/c1-8-12-10(13(19)16-6-5-15-2)7-11(9-3-4-9)17-14(12)20-18-8/h7,9,15H,3-6H2,1-2H3,(H,16,19). The van der Waals surface area contributed by atoms with E-state index in [1.54, 1.807) is 0 Å². The average Bonchev–Trinajstić information content (AvgIpc) is 3.23. The predicted molar refractivity (Wildman–Crippen MR) is 74.8 cm³/mol. The summed E-state index contributed by atoms with van der Waals surface area (Å²) in [6.45, 7) is 3.15. The maximum Gasteiger partial charge on any atom is 0.259 e. The Hall–Kier alpha value is -1.95. The van der Waals surface area contributed by atoms with Crippen LogP contribution in [-0.2, 0) is 0 Å². The van der Waals surface area contributed by atoms with Crippen LogP contribution >= 0.6 is 0 Å². The first-order chi connectivity index (χ1) is 9.70. The largest absolute Gasteiger partial charge is 0.351 e. The van der Waals surface area contributed by atoms with Crippen LogP contribution in [0.5, 0.6) is 0 Å². The van der Waals surface area contributed by atoms with Crippen LogP contribution in [0.25, 0.3) is 11.1 Å². The van der Waals surface area contributed by atoms with E-state index in [4.69, 9.17) is 4.52 Å². The highest BCUT2D eigenvalue weighted by molar-refractivity contribution is 6.06. The number of aromatic nitrogens is 2. The van der Waals surface area contributed by atoms with E-state index in [9.17, 15) is 4.79 Å². The summed E-state index contributed by atoms with van der Waals surface area (Å²) in [6.07, 6.45) is 2.26. The number of likely N-dealkylation sites (N-methyl/N-ethyl adjacent to an activating group) is 1. The monoisotopic (exact) mass is 274 g/mol. The summed E-state index contributed by atoms with van der Waals surface area (Å²) in [5, 5.41) is 10.5. The lowest BCUT2D eigenvalue weighted by Crippen LogP contribution is -2.30. The minimum Gasteiger partial charge on any atom is -0.351 e. The molecule has 1 saturated carbocycles. The number of pyridine rings is 1. The van der Waals surface area contributed by atoms with Crippen LogP contribution in [0.15, 0.2) is 10.6 Å². The van der Waals surface area contributed by atoms with Crippen molar-refractivity contribution in [2.75, 3.05) is 20.1 Å². The van der Waals surface area contributed by atoms with Crippen LogP contribution in [0.2, 0.25) is 0 Å². The summed E-state index contributed by atoms with van der Waals surface area (Å²) in [5.74, 6) is 0.370. The molecule has 106 valence electrons. The number of hydrogen-bond acceptors (Lipinski definition) is 5. The Morgan fingerprint density at radius 3 is 2.95 bits per heavy atom. The lowest BCUT2D eigenvalue weighted by molar-refractivity contribution is 0.0955. The number of hydrogen-bond donors (Lipinski definition) is 2. The Kier molecular flexibility index (Phi) is 3.40. The van der Waals surface area contributed by atoms with Crippen molar-refractivity contribution in [1.82, 2.24) is 20.8 Å². The van der Waals surface area contributed by atoms with E-state index in [1.165, 1.54) is 0 Å². The Bertz CT molecular complexity index is 646. The molecule has 3 rings (SSSR count). The highest BCUT2D eigenvalue weighted by atomic mass is 16.5. The summed E-state index contributed by atoms with van der Waals surface area (Å²) in [4.78, 5) is 16.8. The minimum absolute atomic E-state index is 0.0964. The second kappa shape index (κ2) is 5.20. The van der Waals surface area contributed by atoms with Crippen LogP contribution in [0, 0.1) is 6.92 Å². The van der Waals surface area contributed by atoms with Crippen molar-refractivity contribution in [2.45, 2.75) is 25.7 Å². The number of amides is 1. The molecule has 2 N–H and O–H groups in total. The summed E-state index contributed by atoms with van der Waals surface area (Å²) < 4.78 is 5.23. The molecule has 0 aliphatic heterocycles. The van der Waals surface area contributed by atoms with Gasteiger partial charge in [-0.15, -0.1) is 0 Å². The van der Waals surface area contributed by atoms with Crippen molar-refractivity contribution in [3.8, 4) is 0 Å². The fourth-order valence-electron chi connectivity index (χ4n) is 2.28. The van der Waals surface area contributed by atoms with E-state index in [1.807, 2.05) is 20.0 Å². The summed E-state index contributed by atoms with van der Waals surface area (Å²) in [5.41, 5.74) is 2.72. The van der Waals surface area contributed by atoms with Gasteiger partial charge in [0.25, 0.3) is 11.6 Å². The third kappa shape index (κ3) is 2.38. The normalized spacial score (nSPS) is 14.7. The van der Waals surface area contributed by atoms with Gasteiger partial charge in [0, 0.05) is 24.7 Å². The van der Waals surface area contributed by atoms with Gasteiger partial charge >= 0.3 is 0 Å². The maximum absolute atomic E-state index is 12.3. The van der Waals surface area contributed by atoms with Crippen molar-refractivity contribution in [3.05, 3.63) is 23.0 Å². The number of carbonyl (C=O) groups is 1. The summed E-state index contributed by atoms with van der Waals surface area (Å²) >= 11 is 0. The Labute approximate surface area is 116 Å². The van der Waals surface area contributed by atoms with Crippen molar-refractivity contribution in [3.63, 3.8) is 0 Å². The first-order valence-corrected chi connectivity index (χ1v) is 6.90. The zero-order chi connectivity index (χ0) is 14.1. The SMILES string of the molecule is CNCCNC(=O)c1cc(C2CC2)nc2onc(C)c12. The molecule has 1 fully saturated rings. The van der Waals surface area contributed by atoms with Crippen LogP contribution in [0.3, 0.4) is 0 Å². The molecule has 1 aliphatic rings. The van der Waals surface area contributed by atoms with Gasteiger partial charge in [-0.2, -0.15) is 0 Å². The first-order valence-electron chi connectivity index (χ1n) is 6.90. The van der Waals surface area contributed by atoms with Crippen LogP contribution in [0.1, 0.15) is 40.5 Å². The van der Waals surface area contributed by atoms with Gasteiger partial charge in [0.15, 0.2) is 0 Å². The smallest absolute Gasteiger partial charge is 0.259 e. The van der Waals surface area contributed by atoms with E-state index in [-0.39, 0.29) is 5.91 Å². The fourth-order valence-corrected chi connectivity index (χ4v) is 2.28. The Morgan fingerprint density at radius 2 is 2.25 bits per heavy atom. The van der Waals surface area contributed by atoms with Crippen LogP contribution in [0.4, 0.5) is 0 Å². The second-order valence-electron chi connectivity index (χ2n) is 5.18. The number of nitrogens with one attached hydrogen (secondary N) is 2.